The molecule has 0 aromatic heterocycles. The number of rotatable bonds is 4. The lowest BCUT2D eigenvalue weighted by atomic mass is 10.0. The first-order valence-corrected chi connectivity index (χ1v) is 8.79. The van der Waals surface area contributed by atoms with Crippen LogP contribution < -0.4 is 0 Å². The van der Waals surface area contributed by atoms with Crippen LogP contribution in [0.3, 0.4) is 0 Å². The maximum Gasteiger partial charge on any atom is 0.264 e. The van der Waals surface area contributed by atoms with Crippen molar-refractivity contribution in [3.63, 3.8) is 0 Å². The van der Waals surface area contributed by atoms with Crippen LogP contribution in [0.1, 0.15) is 29.5 Å². The lowest BCUT2D eigenvalue weighted by molar-refractivity contribution is 0.326. The van der Waals surface area contributed by atoms with Gasteiger partial charge in [0.25, 0.3) is 10.1 Å². The summed E-state index contributed by atoms with van der Waals surface area (Å²) in [6, 6.07) is 1.98. The van der Waals surface area contributed by atoms with Gasteiger partial charge in [0, 0.05) is 10.0 Å². The Morgan fingerprint density at radius 2 is 1.89 bits per heavy atom. The molecule has 106 valence electrons. The van der Waals surface area contributed by atoms with Gasteiger partial charge in [0.05, 0.1) is 12.9 Å². The second-order valence-electron chi connectivity index (χ2n) is 4.78. The highest BCUT2D eigenvalue weighted by molar-refractivity contribution is 7.85. The Morgan fingerprint density at radius 1 is 1.21 bits per heavy atom. The molecule has 3 nitrogen and oxygen atoms in total. The van der Waals surface area contributed by atoms with E-state index in [0.29, 0.717) is 11.4 Å². The van der Waals surface area contributed by atoms with Crippen LogP contribution in [-0.2, 0) is 33.6 Å². The molecule has 1 aromatic carbocycles. The van der Waals surface area contributed by atoms with E-state index in [1.165, 1.54) is 0 Å². The Hall–Kier alpha value is -0.290. The summed E-state index contributed by atoms with van der Waals surface area (Å²) in [5.41, 5.74) is 3.02. The monoisotopic (exact) mass is 322 g/mol. The van der Waals surface area contributed by atoms with E-state index in [1.54, 1.807) is 0 Å². The van der Waals surface area contributed by atoms with Crippen LogP contribution in [0.5, 0.6) is 0 Å². The second kappa shape index (κ2) is 6.00. The molecule has 0 fully saturated rings. The molecule has 1 aliphatic rings. The quantitative estimate of drug-likeness (QED) is 0.798. The van der Waals surface area contributed by atoms with Gasteiger partial charge in [-0.25, -0.2) is 0 Å². The molecule has 0 N–H and O–H groups in total. The molecule has 0 saturated heterocycles. The van der Waals surface area contributed by atoms with E-state index in [0.717, 1.165) is 53.7 Å². The molecule has 0 unspecified atom stereocenters. The minimum absolute atomic E-state index is 0.110. The molecule has 0 radical (unpaired) electrons. The zero-order chi connectivity index (χ0) is 14.0. The normalized spacial score (nSPS) is 15.3. The molecule has 19 heavy (non-hydrogen) atoms. The smallest absolute Gasteiger partial charge is 0.264 e. The molecule has 0 saturated carbocycles. The van der Waals surface area contributed by atoms with Gasteiger partial charge in [-0.2, -0.15) is 8.42 Å². The van der Waals surface area contributed by atoms with E-state index in [4.69, 9.17) is 27.4 Å². The van der Waals surface area contributed by atoms with Crippen LogP contribution in [0.2, 0.25) is 10.0 Å². The Bertz CT molecular complexity index is 582. The Morgan fingerprint density at radius 3 is 2.58 bits per heavy atom. The van der Waals surface area contributed by atoms with Gasteiger partial charge < -0.3 is 0 Å². The topological polar surface area (TPSA) is 43.4 Å². The van der Waals surface area contributed by atoms with Gasteiger partial charge in [0.1, 0.15) is 0 Å². The van der Waals surface area contributed by atoms with Crippen LogP contribution in [0, 0.1) is 0 Å². The summed E-state index contributed by atoms with van der Waals surface area (Å²) in [5, 5.41) is 1.43. The largest absolute Gasteiger partial charge is 0.270 e. The SMILES string of the molecule is CS(=O)(=O)OCCc1cc2c(Cl)c(c1Cl)CCCC2. The molecule has 6 heteroatoms. The molecular formula is C13H16Cl2O3S. The fourth-order valence-corrected chi connectivity index (χ4v) is 3.44. The van der Waals surface area contributed by atoms with E-state index in [2.05, 4.69) is 0 Å². The molecule has 2 bridgehead atoms. The van der Waals surface area contributed by atoms with E-state index < -0.39 is 10.1 Å². The first-order valence-electron chi connectivity index (χ1n) is 6.21. The maximum atomic E-state index is 10.9. The standard InChI is InChI=1S/C13H16Cl2O3S/c1-19(16,17)18-7-6-10-8-9-4-2-3-5-11(12(9)14)13(10)15/h8H,2-7H2,1H3. The van der Waals surface area contributed by atoms with Crippen molar-refractivity contribution in [3.8, 4) is 0 Å². The van der Waals surface area contributed by atoms with E-state index in [1.807, 2.05) is 6.07 Å². The van der Waals surface area contributed by atoms with Crippen LogP contribution in [0.15, 0.2) is 6.07 Å². The van der Waals surface area contributed by atoms with Gasteiger partial charge in [-0.1, -0.05) is 29.3 Å². The average Bonchev–Trinajstić information content (AvgIpc) is 2.43. The first-order chi connectivity index (χ1) is 8.88. The van der Waals surface area contributed by atoms with Crippen LogP contribution in [-0.4, -0.2) is 21.3 Å². The summed E-state index contributed by atoms with van der Waals surface area (Å²) in [6.45, 7) is 0.110. The number of fused-ring (bicyclic) bond motifs is 2. The Labute approximate surface area is 124 Å². The van der Waals surface area contributed by atoms with Crippen molar-refractivity contribution in [1.29, 1.82) is 0 Å². The summed E-state index contributed by atoms with van der Waals surface area (Å²) in [7, 11) is -3.40. The van der Waals surface area contributed by atoms with Crippen LogP contribution in [0.25, 0.3) is 0 Å². The highest BCUT2D eigenvalue weighted by Gasteiger charge is 2.18. The zero-order valence-electron chi connectivity index (χ0n) is 10.7. The van der Waals surface area contributed by atoms with Gasteiger partial charge in [-0.15, -0.1) is 0 Å². The average molecular weight is 323 g/mol. The third-order valence-electron chi connectivity index (χ3n) is 3.23. The molecule has 0 aliphatic heterocycles. The van der Waals surface area contributed by atoms with Crippen LogP contribution >= 0.6 is 23.2 Å². The van der Waals surface area contributed by atoms with Gasteiger partial charge in [0.2, 0.25) is 0 Å². The summed E-state index contributed by atoms with van der Waals surface area (Å²) >= 11 is 12.7. The van der Waals surface area contributed by atoms with Crippen molar-refractivity contribution >= 4 is 33.3 Å². The lowest BCUT2D eigenvalue weighted by Gasteiger charge is -2.13. The first kappa shape index (κ1) is 15.1. The van der Waals surface area contributed by atoms with Crippen LogP contribution in [0.4, 0.5) is 0 Å². The minimum atomic E-state index is -3.40. The summed E-state index contributed by atoms with van der Waals surface area (Å²) in [6.07, 6.45) is 5.52. The lowest BCUT2D eigenvalue weighted by Crippen LogP contribution is -2.07. The summed E-state index contributed by atoms with van der Waals surface area (Å²) in [4.78, 5) is 0. The molecule has 0 amide bonds. The molecule has 2 rings (SSSR count). The molecule has 0 spiro atoms. The van der Waals surface area contributed by atoms with Crippen molar-refractivity contribution in [2.75, 3.05) is 12.9 Å². The third-order valence-corrected chi connectivity index (χ3v) is 4.77. The van der Waals surface area contributed by atoms with Gasteiger partial charge in [-0.3, -0.25) is 4.18 Å². The summed E-state index contributed by atoms with van der Waals surface area (Å²) < 4.78 is 26.6. The Kier molecular flexibility index (Phi) is 4.77. The van der Waals surface area contributed by atoms with E-state index >= 15 is 0 Å². The van der Waals surface area contributed by atoms with Gasteiger partial charge in [0.15, 0.2) is 0 Å². The number of hydrogen-bond donors (Lipinski definition) is 0. The van der Waals surface area contributed by atoms with Crippen molar-refractivity contribution < 1.29 is 12.6 Å². The number of benzene rings is 1. The van der Waals surface area contributed by atoms with Gasteiger partial charge in [-0.05, 0) is 48.8 Å². The molecule has 1 aromatic rings. The van der Waals surface area contributed by atoms with Gasteiger partial charge >= 0.3 is 0 Å². The number of hydrogen-bond acceptors (Lipinski definition) is 3. The second-order valence-corrected chi connectivity index (χ2v) is 7.18. The van der Waals surface area contributed by atoms with Crippen molar-refractivity contribution in [1.82, 2.24) is 0 Å². The fraction of sp³-hybridized carbons (Fsp3) is 0.538. The molecule has 0 heterocycles. The summed E-state index contributed by atoms with van der Waals surface area (Å²) in [5.74, 6) is 0. The van der Waals surface area contributed by atoms with E-state index in [9.17, 15) is 8.42 Å². The highest BCUT2D eigenvalue weighted by atomic mass is 35.5. The molecular weight excluding hydrogens is 307 g/mol. The zero-order valence-corrected chi connectivity index (χ0v) is 13.0. The highest BCUT2D eigenvalue weighted by Crippen LogP contribution is 2.36. The third kappa shape index (κ3) is 3.85. The fourth-order valence-electron chi connectivity index (χ4n) is 2.32. The van der Waals surface area contributed by atoms with Crippen molar-refractivity contribution in [2.45, 2.75) is 32.1 Å². The maximum absolute atomic E-state index is 10.9. The predicted molar refractivity (Wildman–Crippen MR) is 77.6 cm³/mol. The molecule has 1 aliphatic carbocycles. The predicted octanol–water partition coefficient (Wildman–Crippen LogP) is 3.39. The molecule has 0 atom stereocenters. The minimum Gasteiger partial charge on any atom is -0.270 e. The number of halogens is 2. The Balaban J connectivity index is 2.22. The number of aryl methyl sites for hydroxylation is 1. The van der Waals surface area contributed by atoms with Crippen molar-refractivity contribution in [3.05, 3.63) is 32.8 Å². The van der Waals surface area contributed by atoms with E-state index in [-0.39, 0.29) is 6.61 Å². The van der Waals surface area contributed by atoms with Crippen molar-refractivity contribution in [2.24, 2.45) is 0 Å².